The first-order valence-corrected chi connectivity index (χ1v) is 6.06. The Balaban J connectivity index is 1.89. The number of benzene rings is 1. The fourth-order valence-electron chi connectivity index (χ4n) is 1.75. The molecule has 3 N–H and O–H groups in total. The van der Waals surface area contributed by atoms with Gasteiger partial charge < -0.3 is 15.6 Å². The van der Waals surface area contributed by atoms with Gasteiger partial charge in [-0.05, 0) is 18.6 Å². The van der Waals surface area contributed by atoms with Crippen LogP contribution < -0.4 is 11.1 Å². The normalized spacial score (nSPS) is 10.5. The lowest BCUT2D eigenvalue weighted by Gasteiger charge is -2.08. The molecule has 0 aliphatic rings. The summed E-state index contributed by atoms with van der Waals surface area (Å²) < 4.78 is 28.6. The average Bonchev–Trinajstić information content (AvgIpc) is 2.91. The molecule has 0 saturated carbocycles. The second kappa shape index (κ2) is 6.14. The molecule has 5 nitrogen and oxygen atoms in total. The Morgan fingerprint density at radius 2 is 2.20 bits per heavy atom. The monoisotopic (exact) mass is 280 g/mol. The van der Waals surface area contributed by atoms with Gasteiger partial charge in [0.2, 0.25) is 0 Å². The number of hydrogen-bond donors (Lipinski definition) is 2. The predicted octanol–water partition coefficient (Wildman–Crippen LogP) is 1.56. The second-order valence-electron chi connectivity index (χ2n) is 4.27. The van der Waals surface area contributed by atoms with E-state index in [0.29, 0.717) is 19.5 Å². The number of carbonyl (C=O) groups is 1. The maximum absolute atomic E-state index is 13.6. The number of nitrogens with two attached hydrogens (primary N) is 1. The minimum atomic E-state index is -0.904. The third-order valence-corrected chi connectivity index (χ3v) is 2.75. The molecule has 0 spiro atoms. The Morgan fingerprint density at radius 1 is 1.40 bits per heavy atom. The molecule has 20 heavy (non-hydrogen) atoms. The minimum Gasteiger partial charge on any atom is -0.396 e. The Hall–Kier alpha value is -2.44. The smallest absolute Gasteiger partial charge is 0.254 e. The Bertz CT molecular complexity index is 599. The number of aryl methyl sites for hydroxylation is 1. The number of nitrogens with one attached hydrogen (secondary N) is 1. The van der Waals surface area contributed by atoms with E-state index >= 15 is 0 Å². The van der Waals surface area contributed by atoms with E-state index in [9.17, 15) is 13.6 Å². The fourth-order valence-corrected chi connectivity index (χ4v) is 1.75. The highest BCUT2D eigenvalue weighted by molar-refractivity contribution is 5.95. The lowest BCUT2D eigenvalue weighted by molar-refractivity contribution is 0.0948. The van der Waals surface area contributed by atoms with Crippen LogP contribution in [0.3, 0.4) is 0 Å². The molecule has 1 aromatic carbocycles. The molecule has 0 unspecified atom stereocenters. The summed E-state index contributed by atoms with van der Waals surface area (Å²) in [6.07, 6.45) is 5.77. The zero-order valence-corrected chi connectivity index (χ0v) is 10.6. The highest BCUT2D eigenvalue weighted by Crippen LogP contribution is 2.17. The van der Waals surface area contributed by atoms with Crippen LogP contribution >= 0.6 is 0 Å². The minimum absolute atomic E-state index is 0.340. The number of rotatable bonds is 5. The van der Waals surface area contributed by atoms with E-state index in [0.717, 1.165) is 12.1 Å². The summed E-state index contributed by atoms with van der Waals surface area (Å²) >= 11 is 0. The van der Waals surface area contributed by atoms with Gasteiger partial charge in [-0.3, -0.25) is 4.79 Å². The maximum atomic E-state index is 13.6. The molecule has 0 radical (unpaired) electrons. The van der Waals surface area contributed by atoms with Crippen LogP contribution in [0.1, 0.15) is 16.8 Å². The molecule has 1 heterocycles. The lowest BCUT2D eigenvalue weighted by atomic mass is 10.1. The van der Waals surface area contributed by atoms with Crippen LogP contribution in [0.15, 0.2) is 30.9 Å². The Labute approximate surface area is 114 Å². The van der Waals surface area contributed by atoms with E-state index in [1.165, 1.54) is 0 Å². The quantitative estimate of drug-likeness (QED) is 0.645. The van der Waals surface area contributed by atoms with Gasteiger partial charge in [-0.25, -0.2) is 13.8 Å². The Morgan fingerprint density at radius 3 is 2.90 bits per heavy atom. The van der Waals surface area contributed by atoms with Crippen molar-refractivity contribution in [2.75, 3.05) is 12.3 Å². The summed E-state index contributed by atoms with van der Waals surface area (Å²) in [5.41, 5.74) is 4.51. The zero-order valence-electron chi connectivity index (χ0n) is 10.6. The van der Waals surface area contributed by atoms with Crippen LogP contribution in [0.25, 0.3) is 0 Å². The molecule has 0 aliphatic carbocycles. The van der Waals surface area contributed by atoms with E-state index in [-0.39, 0.29) is 11.3 Å². The summed E-state index contributed by atoms with van der Waals surface area (Å²) in [7, 11) is 0. The van der Waals surface area contributed by atoms with Gasteiger partial charge in [-0.1, -0.05) is 0 Å². The van der Waals surface area contributed by atoms with Crippen molar-refractivity contribution in [1.82, 2.24) is 14.9 Å². The molecule has 7 heteroatoms. The first-order chi connectivity index (χ1) is 9.58. The molecule has 106 valence electrons. The highest BCUT2D eigenvalue weighted by Gasteiger charge is 2.15. The van der Waals surface area contributed by atoms with Crippen molar-refractivity contribution in [3.63, 3.8) is 0 Å². The molecule has 0 atom stereocenters. The first-order valence-electron chi connectivity index (χ1n) is 6.06. The van der Waals surface area contributed by atoms with Crippen molar-refractivity contribution in [3.05, 3.63) is 48.1 Å². The maximum Gasteiger partial charge on any atom is 0.254 e. The lowest BCUT2D eigenvalue weighted by Crippen LogP contribution is -2.26. The largest absolute Gasteiger partial charge is 0.396 e. The number of halogens is 2. The summed E-state index contributed by atoms with van der Waals surface area (Å²) in [5, 5.41) is 2.52. The van der Waals surface area contributed by atoms with Gasteiger partial charge in [0.1, 0.15) is 5.82 Å². The number of amides is 1. The SMILES string of the molecule is Nc1cc(F)cc(C(=O)NCCCn2ccnc2)c1F. The van der Waals surface area contributed by atoms with Crippen LogP contribution in [-0.2, 0) is 6.54 Å². The molecular weight excluding hydrogens is 266 g/mol. The van der Waals surface area contributed by atoms with E-state index in [2.05, 4.69) is 10.3 Å². The number of hydrogen-bond acceptors (Lipinski definition) is 3. The van der Waals surface area contributed by atoms with E-state index in [1.807, 2.05) is 4.57 Å². The molecular formula is C13H14F2N4O. The molecule has 0 aliphatic heterocycles. The van der Waals surface area contributed by atoms with Crippen molar-refractivity contribution >= 4 is 11.6 Å². The molecule has 0 saturated heterocycles. The van der Waals surface area contributed by atoms with Crippen molar-refractivity contribution in [2.24, 2.45) is 0 Å². The van der Waals surface area contributed by atoms with Gasteiger partial charge in [-0.15, -0.1) is 0 Å². The van der Waals surface area contributed by atoms with Crippen LogP contribution in [-0.4, -0.2) is 22.0 Å². The van der Waals surface area contributed by atoms with Gasteiger partial charge >= 0.3 is 0 Å². The fraction of sp³-hybridized carbons (Fsp3) is 0.231. The summed E-state index contributed by atoms with van der Waals surface area (Å²) in [5.74, 6) is -2.33. The van der Waals surface area contributed by atoms with Gasteiger partial charge in [0.25, 0.3) is 5.91 Å². The molecule has 0 fully saturated rings. The zero-order chi connectivity index (χ0) is 14.5. The van der Waals surface area contributed by atoms with Crippen LogP contribution in [0.2, 0.25) is 0 Å². The van der Waals surface area contributed by atoms with Gasteiger partial charge in [0.15, 0.2) is 5.82 Å². The summed E-state index contributed by atoms with van der Waals surface area (Å²) in [6.45, 7) is 1.01. The number of carbonyl (C=O) groups excluding carboxylic acids is 1. The number of nitrogen functional groups attached to an aromatic ring is 1. The topological polar surface area (TPSA) is 72.9 Å². The average molecular weight is 280 g/mol. The van der Waals surface area contributed by atoms with Crippen LogP contribution in [0.4, 0.5) is 14.5 Å². The van der Waals surface area contributed by atoms with E-state index in [1.54, 1.807) is 18.7 Å². The van der Waals surface area contributed by atoms with Gasteiger partial charge in [0.05, 0.1) is 17.6 Å². The molecule has 1 amide bonds. The first kappa shape index (κ1) is 14.0. The van der Waals surface area contributed by atoms with Gasteiger partial charge in [-0.2, -0.15) is 0 Å². The van der Waals surface area contributed by atoms with Crippen molar-refractivity contribution < 1.29 is 13.6 Å². The number of nitrogens with zero attached hydrogens (tertiary/aromatic N) is 2. The number of imidazole rings is 1. The predicted molar refractivity (Wildman–Crippen MR) is 69.9 cm³/mol. The van der Waals surface area contributed by atoms with Crippen LogP contribution in [0, 0.1) is 11.6 Å². The highest BCUT2D eigenvalue weighted by atomic mass is 19.1. The van der Waals surface area contributed by atoms with E-state index in [4.69, 9.17) is 5.73 Å². The number of aromatic nitrogens is 2. The molecule has 2 rings (SSSR count). The van der Waals surface area contributed by atoms with Crippen molar-refractivity contribution in [1.29, 1.82) is 0 Å². The third kappa shape index (κ3) is 3.31. The molecule has 1 aromatic heterocycles. The summed E-state index contributed by atoms with van der Waals surface area (Å²) in [4.78, 5) is 15.6. The standard InChI is InChI=1S/C13H14F2N4O/c14-9-6-10(12(15)11(16)7-9)13(20)18-2-1-4-19-5-3-17-8-19/h3,5-8H,1-2,4,16H2,(H,18,20). The second-order valence-corrected chi connectivity index (χ2v) is 4.27. The number of anilines is 1. The van der Waals surface area contributed by atoms with Crippen molar-refractivity contribution in [2.45, 2.75) is 13.0 Å². The third-order valence-electron chi connectivity index (χ3n) is 2.75. The Kier molecular flexibility index (Phi) is 4.29. The summed E-state index contributed by atoms with van der Waals surface area (Å²) in [6, 6.07) is 1.67. The van der Waals surface area contributed by atoms with Gasteiger partial charge in [0, 0.05) is 25.5 Å². The van der Waals surface area contributed by atoms with E-state index < -0.39 is 17.5 Å². The van der Waals surface area contributed by atoms with Crippen LogP contribution in [0.5, 0.6) is 0 Å². The van der Waals surface area contributed by atoms with Crippen molar-refractivity contribution in [3.8, 4) is 0 Å². The molecule has 2 aromatic rings. The molecule has 0 bridgehead atoms.